The number of nitrogens with zero attached hydrogens (tertiary/aromatic N) is 1. The third-order valence-electron chi connectivity index (χ3n) is 3.54. The third-order valence-corrected chi connectivity index (χ3v) is 5.33. The van der Waals surface area contributed by atoms with Crippen LogP contribution in [0.2, 0.25) is 0 Å². The molecule has 140 valence electrons. The summed E-state index contributed by atoms with van der Waals surface area (Å²) in [7, 11) is -2.75. The van der Waals surface area contributed by atoms with Crippen molar-refractivity contribution in [3.05, 3.63) is 17.7 Å². The van der Waals surface area contributed by atoms with Crippen LogP contribution in [0, 0.1) is 0 Å². The maximum atomic E-state index is 13.1. The molecule has 1 atom stereocenters. The molecule has 1 unspecified atom stereocenters. The van der Waals surface area contributed by atoms with Crippen molar-refractivity contribution in [1.29, 1.82) is 0 Å². The molecule has 0 spiro atoms. The molecular formula is C17H27N3O4S. The highest BCUT2D eigenvalue weighted by Crippen LogP contribution is 2.29. The molecular weight excluding hydrogens is 342 g/mol. The Morgan fingerprint density at radius 1 is 1.56 bits per heavy atom. The summed E-state index contributed by atoms with van der Waals surface area (Å²) >= 11 is 0. The smallest absolute Gasteiger partial charge is 0.255 e. The molecule has 25 heavy (non-hydrogen) atoms. The summed E-state index contributed by atoms with van der Waals surface area (Å²) in [6.45, 7) is -4.30. The van der Waals surface area contributed by atoms with Gasteiger partial charge in [0.05, 0.1) is 31.8 Å². The molecule has 1 aliphatic rings. The average molecular weight is 379 g/mol. The molecule has 0 saturated carbocycles. The number of likely N-dealkylation sites (N-methyl/N-ethyl adjacent to an activating group) is 1. The van der Waals surface area contributed by atoms with Gasteiger partial charge >= 0.3 is 0 Å². The van der Waals surface area contributed by atoms with Crippen molar-refractivity contribution in [2.75, 3.05) is 38.1 Å². The first-order chi connectivity index (χ1) is 15.2. The van der Waals surface area contributed by atoms with Gasteiger partial charge in [-0.2, -0.15) is 0 Å². The molecule has 7 nitrogen and oxygen atoms in total. The van der Waals surface area contributed by atoms with Crippen molar-refractivity contribution in [1.82, 2.24) is 10.2 Å². The van der Waals surface area contributed by atoms with Gasteiger partial charge in [0.1, 0.15) is 5.75 Å². The Hall–Kier alpha value is -1.80. The number of anilines is 1. The normalized spacial score (nSPS) is 33.2. The van der Waals surface area contributed by atoms with Gasteiger partial charge < -0.3 is 15.8 Å². The number of nitrogen functional groups attached to an aromatic ring is 1. The number of amides is 1. The zero-order valence-corrected chi connectivity index (χ0v) is 15.0. The second-order valence-electron chi connectivity index (χ2n) is 5.03. The summed E-state index contributed by atoms with van der Waals surface area (Å²) in [6, 6.07) is -1.35. The predicted octanol–water partition coefficient (Wildman–Crippen LogP) is 1.29. The number of nitrogens with two attached hydrogens (primary N) is 1. The summed E-state index contributed by atoms with van der Waals surface area (Å²) in [5, 5.41) is 1.82. The van der Waals surface area contributed by atoms with Crippen LogP contribution < -0.4 is 15.8 Å². The van der Waals surface area contributed by atoms with E-state index in [9.17, 15) is 13.2 Å². The standard InChI is InChI=1S/C17H27N3O4S/c1-4-20-8-6-7-12(20)11-19-17(21)13-9-16(25(22,23)5-2)14(18)10-15(13)24-3/h9-10,12H,4-8,11,18H2,1-3H3,(H,19,21)/i6D2,7D2,8D2,11D2,12D. The molecule has 1 saturated heterocycles. The highest BCUT2D eigenvalue weighted by Gasteiger charge is 2.25. The molecule has 0 bridgehead atoms. The van der Waals surface area contributed by atoms with Gasteiger partial charge in [0.15, 0.2) is 9.84 Å². The molecule has 3 N–H and O–H groups in total. The van der Waals surface area contributed by atoms with E-state index < -0.39 is 64.5 Å². The number of likely N-dealkylation sites (tertiary alicyclic amines) is 1. The Morgan fingerprint density at radius 2 is 2.28 bits per heavy atom. The van der Waals surface area contributed by atoms with Crippen molar-refractivity contribution in [3.63, 3.8) is 0 Å². The monoisotopic (exact) mass is 378 g/mol. The number of benzene rings is 1. The minimum atomic E-state index is -3.90. The first kappa shape index (κ1) is 10.4. The van der Waals surface area contributed by atoms with E-state index in [0.29, 0.717) is 4.90 Å². The molecule has 8 heteroatoms. The second-order valence-corrected chi connectivity index (χ2v) is 7.27. The van der Waals surface area contributed by atoms with Crippen molar-refractivity contribution in [2.45, 2.75) is 37.5 Å². The zero-order chi connectivity index (χ0) is 26.7. The van der Waals surface area contributed by atoms with Crippen molar-refractivity contribution in [3.8, 4) is 5.75 Å². The van der Waals surface area contributed by atoms with Crippen LogP contribution in [0.5, 0.6) is 5.75 Å². The van der Waals surface area contributed by atoms with Gasteiger partial charge in [-0.05, 0) is 31.9 Å². The number of hydrogen-bond acceptors (Lipinski definition) is 6. The third kappa shape index (κ3) is 4.24. The van der Waals surface area contributed by atoms with Gasteiger partial charge in [0, 0.05) is 28.2 Å². The fourth-order valence-corrected chi connectivity index (χ4v) is 3.17. The van der Waals surface area contributed by atoms with E-state index in [1.54, 1.807) is 0 Å². The lowest BCUT2D eigenvalue weighted by Gasteiger charge is -2.23. The topological polar surface area (TPSA) is 102 Å². The predicted molar refractivity (Wildman–Crippen MR) is 97.7 cm³/mol. The number of nitrogens with one attached hydrogen (secondary N) is 1. The minimum Gasteiger partial charge on any atom is -0.496 e. The second kappa shape index (κ2) is 8.05. The van der Waals surface area contributed by atoms with Crippen molar-refractivity contribution >= 4 is 21.4 Å². The Labute approximate surface area is 162 Å². The Morgan fingerprint density at radius 3 is 2.88 bits per heavy atom. The highest BCUT2D eigenvalue weighted by atomic mass is 32.2. The van der Waals surface area contributed by atoms with Gasteiger partial charge in [-0.25, -0.2) is 8.42 Å². The molecule has 1 aliphatic heterocycles. The average Bonchev–Trinajstić information content (AvgIpc) is 2.79. The lowest BCUT2D eigenvalue weighted by molar-refractivity contribution is 0.0938. The van der Waals surface area contributed by atoms with E-state index in [0.717, 1.165) is 19.2 Å². The van der Waals surface area contributed by atoms with Crippen LogP contribution in [0.1, 0.15) is 49.3 Å². The first-order valence-electron chi connectivity index (χ1n) is 12.0. The van der Waals surface area contributed by atoms with Gasteiger partial charge in [-0.15, -0.1) is 0 Å². The Balaban J connectivity index is 2.65. The molecule has 0 aromatic heterocycles. The van der Waals surface area contributed by atoms with Crippen LogP contribution in [0.4, 0.5) is 5.69 Å². The lowest BCUT2D eigenvalue weighted by atomic mass is 10.1. The maximum Gasteiger partial charge on any atom is 0.255 e. The number of carbonyl (C=O) groups excluding carboxylic acids is 1. The summed E-state index contributed by atoms with van der Waals surface area (Å²) < 4.78 is 104. The largest absolute Gasteiger partial charge is 0.496 e. The van der Waals surface area contributed by atoms with Crippen LogP contribution in [0.25, 0.3) is 0 Å². The van der Waals surface area contributed by atoms with Crippen LogP contribution in [-0.2, 0) is 9.84 Å². The number of carbonyl (C=O) groups is 1. The summed E-state index contributed by atoms with van der Waals surface area (Å²) in [5.74, 6) is -1.88. The number of hydrogen-bond donors (Lipinski definition) is 2. The fourth-order valence-electron chi connectivity index (χ4n) is 2.14. The van der Waals surface area contributed by atoms with Gasteiger partial charge in [0.25, 0.3) is 5.91 Å². The van der Waals surface area contributed by atoms with E-state index in [1.807, 2.05) is 5.32 Å². The van der Waals surface area contributed by atoms with E-state index in [2.05, 4.69) is 0 Å². The van der Waals surface area contributed by atoms with E-state index in [4.69, 9.17) is 22.8 Å². The van der Waals surface area contributed by atoms with Crippen LogP contribution in [0.3, 0.4) is 0 Å². The van der Waals surface area contributed by atoms with Gasteiger partial charge in [-0.3, -0.25) is 9.69 Å². The first-order valence-corrected chi connectivity index (χ1v) is 9.17. The fraction of sp³-hybridized carbons (Fsp3) is 0.588. The molecule has 0 radical (unpaired) electrons. The van der Waals surface area contributed by atoms with E-state index >= 15 is 0 Å². The summed E-state index contributed by atoms with van der Waals surface area (Å²) in [5.41, 5.74) is 5.07. The van der Waals surface area contributed by atoms with Crippen molar-refractivity contribution < 1.29 is 30.3 Å². The molecule has 1 heterocycles. The maximum absolute atomic E-state index is 13.1. The summed E-state index contributed by atoms with van der Waals surface area (Å²) in [4.78, 5) is 13.0. The van der Waals surface area contributed by atoms with Crippen LogP contribution in [0.15, 0.2) is 17.0 Å². The Bertz CT molecular complexity index is 1100. The van der Waals surface area contributed by atoms with E-state index in [1.165, 1.54) is 13.8 Å². The molecule has 2 rings (SSSR count). The zero-order valence-electron chi connectivity index (χ0n) is 23.1. The Kier molecular flexibility index (Phi) is 3.34. The highest BCUT2D eigenvalue weighted by molar-refractivity contribution is 7.91. The molecule has 0 aliphatic carbocycles. The van der Waals surface area contributed by atoms with Crippen LogP contribution in [-0.4, -0.2) is 57.6 Å². The number of sulfone groups is 1. The van der Waals surface area contributed by atoms with E-state index in [-0.39, 0.29) is 17.2 Å². The number of rotatable bonds is 7. The van der Waals surface area contributed by atoms with Gasteiger partial charge in [-0.1, -0.05) is 13.8 Å². The molecule has 1 aromatic rings. The SMILES string of the molecule is [2H]C([2H])(NC(=O)c1cc(S(=O)(=O)CC)c(N)cc1OC)C1([2H])N(CC)C([2H])([2H])C([2H])([2H])C1([2H])[2H]. The van der Waals surface area contributed by atoms with Gasteiger partial charge in [0.2, 0.25) is 0 Å². The van der Waals surface area contributed by atoms with Crippen LogP contribution >= 0.6 is 0 Å². The minimum absolute atomic E-state index is 0.221. The number of ether oxygens (including phenoxy) is 1. The lowest BCUT2D eigenvalue weighted by Crippen LogP contribution is -2.40. The number of methoxy groups -OCH3 is 1. The van der Waals surface area contributed by atoms with Crippen molar-refractivity contribution in [2.24, 2.45) is 0 Å². The summed E-state index contributed by atoms with van der Waals surface area (Å²) in [6.07, 6.45) is -6.78. The quantitative estimate of drug-likeness (QED) is 0.693. The molecule has 1 amide bonds. The molecule has 1 aromatic carbocycles. The molecule has 1 fully saturated rings.